The van der Waals surface area contributed by atoms with Crippen LogP contribution in [0.5, 0.6) is 0 Å². The summed E-state index contributed by atoms with van der Waals surface area (Å²) in [6, 6.07) is 10.1. The highest BCUT2D eigenvalue weighted by Gasteiger charge is 2.16. The summed E-state index contributed by atoms with van der Waals surface area (Å²) in [5.41, 5.74) is 5.08. The van der Waals surface area contributed by atoms with Crippen LogP contribution in [0.1, 0.15) is 46.5 Å². The number of Topliss-reactive ketones (excluding diaryl/α,β-unsaturated/α-hetero) is 1. The molecule has 0 radical (unpaired) electrons. The van der Waals surface area contributed by atoms with E-state index in [1.54, 1.807) is 13.0 Å². The molecule has 2 N–H and O–H groups in total. The minimum atomic E-state index is -0.776. The number of nitrogens with zero attached hydrogens (tertiary/aromatic N) is 1. The number of carbonyl (C=O) groups excluding carboxylic acids is 1. The first-order valence-electron chi connectivity index (χ1n) is 9.67. The third-order valence-corrected chi connectivity index (χ3v) is 4.94. The van der Waals surface area contributed by atoms with Gasteiger partial charge in [0, 0.05) is 41.2 Å². The largest absolute Gasteiger partial charge is 0.380 e. The lowest BCUT2D eigenvalue weighted by Gasteiger charge is -2.16. The fourth-order valence-corrected chi connectivity index (χ4v) is 3.50. The summed E-state index contributed by atoms with van der Waals surface area (Å²) in [5, 5.41) is 11.2. The molecule has 30 heavy (non-hydrogen) atoms. The molecule has 0 spiro atoms. The lowest BCUT2D eigenvalue weighted by Crippen LogP contribution is -2.07. The third kappa shape index (κ3) is 4.43. The average Bonchev–Trinajstić information content (AvgIpc) is 2.71. The van der Waals surface area contributed by atoms with Crippen LogP contribution >= 0.6 is 0 Å². The normalized spacial score (nSPS) is 10.7. The highest BCUT2D eigenvalue weighted by atomic mass is 19.1. The van der Waals surface area contributed by atoms with Gasteiger partial charge in [0.25, 0.3) is 0 Å². The maximum atomic E-state index is 14.3. The number of hydrogen-bond acceptors (Lipinski definition) is 4. The number of carbonyl (C=O) groups is 1. The zero-order valence-corrected chi connectivity index (χ0v) is 17.1. The van der Waals surface area contributed by atoms with Crippen molar-refractivity contribution in [3.05, 3.63) is 82.0 Å². The fraction of sp³-hybridized carbons (Fsp3) is 0.208. The Morgan fingerprint density at radius 2 is 1.97 bits per heavy atom. The molecule has 0 aliphatic heterocycles. The molecular weight excluding hydrogens is 384 g/mol. The molecule has 0 aliphatic carbocycles. The lowest BCUT2D eigenvalue weighted by atomic mass is 9.98. The number of halogens is 2. The first kappa shape index (κ1) is 21.3. The van der Waals surface area contributed by atoms with Crippen LogP contribution in [0.15, 0.2) is 42.6 Å². The highest BCUT2D eigenvalue weighted by Crippen LogP contribution is 2.31. The number of pyridine rings is 1. The Morgan fingerprint density at radius 3 is 2.60 bits per heavy atom. The standard InChI is InChI=1S/C24H23F2N3O/c1-4-17-9-16(5-6-19(17)15(3)30)12-28-23-8-14(2)7-20(21(23)11-27)24-22(26)10-18(25)13-29-24/h5-11,13,27-28H,4,12H2,1-3H3. The molecule has 1 heterocycles. The van der Waals surface area contributed by atoms with Crippen LogP contribution in [0.2, 0.25) is 0 Å². The van der Waals surface area contributed by atoms with Crippen LogP contribution in [0.3, 0.4) is 0 Å². The molecule has 0 saturated carbocycles. The molecule has 3 rings (SSSR count). The molecule has 0 saturated heterocycles. The van der Waals surface area contributed by atoms with E-state index in [1.807, 2.05) is 38.1 Å². The van der Waals surface area contributed by atoms with E-state index in [0.29, 0.717) is 23.4 Å². The van der Waals surface area contributed by atoms with Gasteiger partial charge in [-0.05, 0) is 49.1 Å². The van der Waals surface area contributed by atoms with Gasteiger partial charge in [-0.2, -0.15) is 0 Å². The van der Waals surface area contributed by atoms with E-state index in [4.69, 9.17) is 5.41 Å². The van der Waals surface area contributed by atoms with E-state index in [-0.39, 0.29) is 11.5 Å². The number of anilines is 1. The predicted molar refractivity (Wildman–Crippen MR) is 115 cm³/mol. The molecule has 0 amide bonds. The maximum absolute atomic E-state index is 14.3. The van der Waals surface area contributed by atoms with Crippen molar-refractivity contribution in [2.45, 2.75) is 33.7 Å². The van der Waals surface area contributed by atoms with Gasteiger partial charge >= 0.3 is 0 Å². The summed E-state index contributed by atoms with van der Waals surface area (Å²) in [6.45, 7) is 5.89. The van der Waals surface area contributed by atoms with E-state index in [1.165, 1.54) is 0 Å². The van der Waals surface area contributed by atoms with Crippen LogP contribution in [-0.4, -0.2) is 17.0 Å². The van der Waals surface area contributed by atoms with Crippen molar-refractivity contribution < 1.29 is 13.6 Å². The van der Waals surface area contributed by atoms with E-state index in [9.17, 15) is 13.6 Å². The van der Waals surface area contributed by atoms with Gasteiger partial charge < -0.3 is 10.7 Å². The molecule has 2 aromatic carbocycles. The summed E-state index contributed by atoms with van der Waals surface area (Å²) >= 11 is 0. The number of hydrogen-bond donors (Lipinski definition) is 2. The number of aryl methyl sites for hydroxylation is 2. The Kier molecular flexibility index (Phi) is 6.35. The van der Waals surface area contributed by atoms with Gasteiger partial charge in [-0.3, -0.25) is 9.78 Å². The molecule has 4 nitrogen and oxygen atoms in total. The van der Waals surface area contributed by atoms with Crippen LogP contribution < -0.4 is 5.32 Å². The first-order chi connectivity index (χ1) is 14.3. The first-order valence-corrected chi connectivity index (χ1v) is 9.67. The number of benzene rings is 2. The topological polar surface area (TPSA) is 65.8 Å². The van der Waals surface area contributed by atoms with Crippen LogP contribution in [0, 0.1) is 24.0 Å². The second kappa shape index (κ2) is 8.95. The monoisotopic (exact) mass is 407 g/mol. The molecule has 1 aromatic heterocycles. The van der Waals surface area contributed by atoms with Crippen LogP contribution in [0.25, 0.3) is 11.3 Å². The smallest absolute Gasteiger partial charge is 0.160 e. The van der Waals surface area contributed by atoms with Crippen molar-refractivity contribution in [2.75, 3.05) is 5.32 Å². The SMILES string of the molecule is CCc1cc(CNc2cc(C)cc(-c3ncc(F)cc3F)c2C=N)ccc1C(C)=O. The van der Waals surface area contributed by atoms with Crippen molar-refractivity contribution in [3.8, 4) is 11.3 Å². The quantitative estimate of drug-likeness (QED) is 0.389. The van der Waals surface area contributed by atoms with Gasteiger partial charge in [0.15, 0.2) is 11.6 Å². The molecule has 0 unspecified atom stereocenters. The van der Waals surface area contributed by atoms with Crippen molar-refractivity contribution in [1.29, 1.82) is 5.41 Å². The molecule has 0 bridgehead atoms. The number of aromatic nitrogens is 1. The highest BCUT2D eigenvalue weighted by molar-refractivity contribution is 5.96. The summed E-state index contributed by atoms with van der Waals surface area (Å²) in [7, 11) is 0. The van der Waals surface area contributed by atoms with Crippen molar-refractivity contribution >= 4 is 17.7 Å². The van der Waals surface area contributed by atoms with Gasteiger partial charge in [-0.1, -0.05) is 25.1 Å². The Balaban J connectivity index is 1.96. The lowest BCUT2D eigenvalue weighted by molar-refractivity contribution is 0.101. The summed E-state index contributed by atoms with van der Waals surface area (Å²) in [6.07, 6.45) is 2.85. The summed E-state index contributed by atoms with van der Waals surface area (Å²) < 4.78 is 27.6. The predicted octanol–water partition coefficient (Wildman–Crippen LogP) is 5.71. The van der Waals surface area contributed by atoms with Crippen LogP contribution in [-0.2, 0) is 13.0 Å². The molecule has 0 atom stereocenters. The molecule has 0 fully saturated rings. The number of rotatable bonds is 7. The Hall–Kier alpha value is -3.41. The zero-order valence-electron chi connectivity index (χ0n) is 17.1. The zero-order chi connectivity index (χ0) is 21.8. The molecule has 6 heteroatoms. The van der Waals surface area contributed by atoms with Gasteiger partial charge in [0.2, 0.25) is 0 Å². The summed E-state index contributed by atoms with van der Waals surface area (Å²) in [5.74, 6) is -1.49. The molecule has 0 aliphatic rings. The maximum Gasteiger partial charge on any atom is 0.160 e. The second-order valence-electron chi connectivity index (χ2n) is 7.16. The second-order valence-corrected chi connectivity index (χ2v) is 7.16. The van der Waals surface area contributed by atoms with E-state index >= 15 is 0 Å². The van der Waals surface area contributed by atoms with Gasteiger partial charge in [-0.15, -0.1) is 0 Å². The van der Waals surface area contributed by atoms with Gasteiger partial charge in [0.1, 0.15) is 11.5 Å². The van der Waals surface area contributed by atoms with E-state index < -0.39 is 11.6 Å². The minimum absolute atomic E-state index is 0.000676. The van der Waals surface area contributed by atoms with Crippen molar-refractivity contribution in [3.63, 3.8) is 0 Å². The average molecular weight is 407 g/mol. The van der Waals surface area contributed by atoms with Crippen molar-refractivity contribution in [1.82, 2.24) is 4.98 Å². The van der Waals surface area contributed by atoms with Crippen molar-refractivity contribution in [2.24, 2.45) is 0 Å². The minimum Gasteiger partial charge on any atom is -0.380 e. The van der Waals surface area contributed by atoms with E-state index in [2.05, 4.69) is 10.3 Å². The van der Waals surface area contributed by atoms with Gasteiger partial charge in [-0.25, -0.2) is 8.78 Å². The Labute approximate surface area is 174 Å². The molecule has 154 valence electrons. The third-order valence-electron chi connectivity index (χ3n) is 4.94. The fourth-order valence-electron chi connectivity index (χ4n) is 3.50. The van der Waals surface area contributed by atoms with Gasteiger partial charge in [0.05, 0.1) is 6.20 Å². The number of nitrogens with one attached hydrogen (secondary N) is 2. The van der Waals surface area contributed by atoms with Crippen LogP contribution in [0.4, 0.5) is 14.5 Å². The summed E-state index contributed by atoms with van der Waals surface area (Å²) in [4.78, 5) is 15.6. The van der Waals surface area contributed by atoms with E-state index in [0.717, 1.165) is 47.2 Å². The Morgan fingerprint density at radius 1 is 1.20 bits per heavy atom. The molecule has 3 aromatic rings. The molecular formula is C24H23F2N3O. The number of ketones is 1. The Bertz CT molecular complexity index is 1130.